The van der Waals surface area contributed by atoms with Crippen molar-refractivity contribution >= 4 is 51.8 Å². The summed E-state index contributed by atoms with van der Waals surface area (Å²) in [6, 6.07) is 19.8. The number of benzene rings is 3. The lowest BCUT2D eigenvalue weighted by molar-refractivity contribution is -0.113. The van der Waals surface area contributed by atoms with E-state index in [9.17, 15) is 14.4 Å². The number of fused-ring (bicyclic) bond motifs is 1. The monoisotopic (exact) mass is 548 g/mol. The fraction of sp³-hybridized carbons (Fsp3) is 0.241. The van der Waals surface area contributed by atoms with E-state index >= 15 is 0 Å². The number of carbonyl (C=O) groups is 2. The fourth-order valence-corrected chi connectivity index (χ4v) is 4.88. The number of aryl methyl sites for hydroxylation is 1. The van der Waals surface area contributed by atoms with Crippen LogP contribution in [0.25, 0.3) is 10.9 Å². The zero-order valence-electron chi connectivity index (χ0n) is 21.5. The minimum absolute atomic E-state index is 0.0311. The van der Waals surface area contributed by atoms with Gasteiger partial charge in [0.25, 0.3) is 11.5 Å². The van der Waals surface area contributed by atoms with Crippen LogP contribution in [-0.2, 0) is 17.8 Å². The molecule has 0 unspecified atom stereocenters. The maximum Gasteiger partial charge on any atom is 0.262 e. The van der Waals surface area contributed by atoms with E-state index in [0.29, 0.717) is 26.6 Å². The molecule has 4 rings (SSSR count). The van der Waals surface area contributed by atoms with Gasteiger partial charge in [0.15, 0.2) is 5.16 Å². The quantitative estimate of drug-likeness (QED) is 0.212. The largest absolute Gasteiger partial charge is 0.350 e. The molecular formula is C29H29ClN4O3S. The molecule has 0 aliphatic heterocycles. The van der Waals surface area contributed by atoms with Crippen LogP contribution in [0.4, 0.5) is 5.69 Å². The number of hydrogen-bond donors (Lipinski definition) is 2. The van der Waals surface area contributed by atoms with E-state index < -0.39 is 0 Å². The van der Waals surface area contributed by atoms with Crippen LogP contribution in [0.1, 0.15) is 42.3 Å². The number of amides is 2. The molecule has 0 radical (unpaired) electrons. The molecule has 0 spiro atoms. The third kappa shape index (κ3) is 6.82. The Morgan fingerprint density at radius 2 is 1.79 bits per heavy atom. The van der Waals surface area contributed by atoms with Gasteiger partial charge < -0.3 is 10.6 Å². The summed E-state index contributed by atoms with van der Waals surface area (Å²) in [6.07, 6.45) is 0.874. The molecule has 0 saturated heterocycles. The Labute approximate surface area is 230 Å². The van der Waals surface area contributed by atoms with Gasteiger partial charge in [-0.05, 0) is 73.9 Å². The smallest absolute Gasteiger partial charge is 0.262 e. The normalized spacial score (nSPS) is 11.1. The summed E-state index contributed by atoms with van der Waals surface area (Å²) in [5.74, 6) is -0.269. The van der Waals surface area contributed by atoms with Gasteiger partial charge in [-0.2, -0.15) is 0 Å². The standard InChI is InChI=1S/C29H29ClN4O3S/c1-4-19-6-5-7-23(14-19)32-26(35)17-38-29-33-25-13-12-22(30)15-24(25)28(37)34(29)16-20-8-10-21(11-9-20)27(36)31-18(2)3/h5-15,18H,4,16-17H2,1-3H3,(H,31,36)(H,32,35). The van der Waals surface area contributed by atoms with Crippen LogP contribution in [0.5, 0.6) is 0 Å². The molecular weight excluding hydrogens is 520 g/mol. The second-order valence-corrected chi connectivity index (χ2v) is 10.5. The average molecular weight is 549 g/mol. The van der Waals surface area contributed by atoms with Crippen molar-refractivity contribution in [2.45, 2.75) is 44.9 Å². The van der Waals surface area contributed by atoms with Crippen molar-refractivity contribution in [2.24, 2.45) is 0 Å². The highest BCUT2D eigenvalue weighted by atomic mass is 35.5. The van der Waals surface area contributed by atoms with E-state index in [2.05, 4.69) is 22.5 Å². The van der Waals surface area contributed by atoms with Gasteiger partial charge in [0.1, 0.15) is 0 Å². The van der Waals surface area contributed by atoms with E-state index in [0.717, 1.165) is 23.2 Å². The highest BCUT2D eigenvalue weighted by Gasteiger charge is 2.15. The molecule has 38 heavy (non-hydrogen) atoms. The van der Waals surface area contributed by atoms with Crippen LogP contribution in [-0.4, -0.2) is 33.2 Å². The highest BCUT2D eigenvalue weighted by Crippen LogP contribution is 2.22. The molecule has 2 amide bonds. The van der Waals surface area contributed by atoms with Gasteiger partial charge in [0.2, 0.25) is 5.91 Å². The molecule has 4 aromatic rings. The molecule has 0 aliphatic rings. The molecule has 3 aromatic carbocycles. The van der Waals surface area contributed by atoms with Gasteiger partial charge in [-0.15, -0.1) is 0 Å². The second-order valence-electron chi connectivity index (χ2n) is 9.16. The predicted octanol–water partition coefficient (Wildman–Crippen LogP) is 5.53. The first kappa shape index (κ1) is 27.4. The Balaban J connectivity index is 1.59. The van der Waals surface area contributed by atoms with E-state index in [4.69, 9.17) is 11.6 Å². The lowest BCUT2D eigenvalue weighted by Crippen LogP contribution is -2.30. The van der Waals surface area contributed by atoms with E-state index in [1.807, 2.05) is 50.2 Å². The van der Waals surface area contributed by atoms with Crippen LogP contribution in [0, 0.1) is 0 Å². The molecule has 1 aromatic heterocycles. The second kappa shape index (κ2) is 12.3. The highest BCUT2D eigenvalue weighted by molar-refractivity contribution is 7.99. The molecule has 0 saturated carbocycles. The number of nitrogens with one attached hydrogen (secondary N) is 2. The predicted molar refractivity (Wildman–Crippen MR) is 154 cm³/mol. The van der Waals surface area contributed by atoms with Crippen molar-refractivity contribution < 1.29 is 9.59 Å². The third-order valence-corrected chi connectivity index (χ3v) is 7.02. The summed E-state index contributed by atoms with van der Waals surface area (Å²) >= 11 is 7.35. The first-order valence-corrected chi connectivity index (χ1v) is 13.7. The van der Waals surface area contributed by atoms with Crippen molar-refractivity contribution in [1.29, 1.82) is 0 Å². The lowest BCUT2D eigenvalue weighted by Gasteiger charge is -2.14. The topological polar surface area (TPSA) is 93.1 Å². The first-order valence-electron chi connectivity index (χ1n) is 12.3. The Bertz CT molecular complexity index is 1530. The Kier molecular flexibility index (Phi) is 8.86. The van der Waals surface area contributed by atoms with Crippen LogP contribution >= 0.6 is 23.4 Å². The van der Waals surface area contributed by atoms with E-state index in [1.54, 1.807) is 30.3 Å². The SMILES string of the molecule is CCc1cccc(NC(=O)CSc2nc3ccc(Cl)cc3c(=O)n2Cc2ccc(C(=O)NC(C)C)cc2)c1. The number of aromatic nitrogens is 2. The molecule has 0 atom stereocenters. The van der Waals surface area contributed by atoms with Crippen LogP contribution in [0.2, 0.25) is 5.02 Å². The number of nitrogens with zero attached hydrogens (tertiary/aromatic N) is 2. The summed E-state index contributed by atoms with van der Waals surface area (Å²) in [7, 11) is 0. The van der Waals surface area contributed by atoms with Gasteiger partial charge in [-0.1, -0.05) is 54.6 Å². The molecule has 2 N–H and O–H groups in total. The number of carbonyl (C=O) groups excluding carboxylic acids is 2. The molecule has 0 aliphatic carbocycles. The van der Waals surface area contributed by atoms with Crippen molar-refractivity contribution in [3.63, 3.8) is 0 Å². The number of anilines is 1. The number of rotatable bonds is 9. The third-order valence-electron chi connectivity index (χ3n) is 5.81. The van der Waals surface area contributed by atoms with E-state index in [-0.39, 0.29) is 35.7 Å². The Morgan fingerprint density at radius 3 is 2.50 bits per heavy atom. The molecule has 7 nitrogen and oxygen atoms in total. The first-order chi connectivity index (χ1) is 18.2. The van der Waals surface area contributed by atoms with Crippen molar-refractivity contribution in [3.05, 3.63) is 98.8 Å². The number of thioether (sulfide) groups is 1. The van der Waals surface area contributed by atoms with E-state index in [1.165, 1.54) is 16.3 Å². The minimum atomic E-state index is -0.252. The number of hydrogen-bond acceptors (Lipinski definition) is 5. The summed E-state index contributed by atoms with van der Waals surface area (Å²) in [5, 5.41) is 7.04. The number of halogens is 1. The molecule has 1 heterocycles. The maximum absolute atomic E-state index is 13.5. The zero-order chi connectivity index (χ0) is 27.2. The van der Waals surface area contributed by atoms with Gasteiger partial charge >= 0.3 is 0 Å². The van der Waals surface area contributed by atoms with Gasteiger partial charge in [-0.3, -0.25) is 19.0 Å². The van der Waals surface area contributed by atoms with Crippen LogP contribution < -0.4 is 16.2 Å². The van der Waals surface area contributed by atoms with Gasteiger partial charge in [0.05, 0.1) is 23.2 Å². The summed E-state index contributed by atoms with van der Waals surface area (Å²) < 4.78 is 1.54. The van der Waals surface area contributed by atoms with Crippen molar-refractivity contribution in [3.8, 4) is 0 Å². The fourth-order valence-electron chi connectivity index (χ4n) is 3.91. The molecule has 0 bridgehead atoms. The summed E-state index contributed by atoms with van der Waals surface area (Å²) in [4.78, 5) is 43.2. The summed E-state index contributed by atoms with van der Waals surface area (Å²) in [5.41, 5.74) is 3.48. The molecule has 0 fully saturated rings. The summed E-state index contributed by atoms with van der Waals surface area (Å²) in [6.45, 7) is 6.09. The lowest BCUT2D eigenvalue weighted by atomic mass is 10.1. The Morgan fingerprint density at radius 1 is 1.03 bits per heavy atom. The van der Waals surface area contributed by atoms with Gasteiger partial charge in [-0.25, -0.2) is 4.98 Å². The average Bonchev–Trinajstić information content (AvgIpc) is 2.89. The van der Waals surface area contributed by atoms with Crippen molar-refractivity contribution in [2.75, 3.05) is 11.1 Å². The molecule has 196 valence electrons. The van der Waals surface area contributed by atoms with Crippen LogP contribution in [0.15, 0.2) is 76.7 Å². The van der Waals surface area contributed by atoms with Crippen LogP contribution in [0.3, 0.4) is 0 Å². The molecule has 9 heteroatoms. The Hall–Kier alpha value is -3.62. The maximum atomic E-state index is 13.5. The zero-order valence-corrected chi connectivity index (χ0v) is 23.0. The minimum Gasteiger partial charge on any atom is -0.350 e. The van der Waals surface area contributed by atoms with Crippen molar-refractivity contribution in [1.82, 2.24) is 14.9 Å². The van der Waals surface area contributed by atoms with Gasteiger partial charge in [0, 0.05) is 22.3 Å².